The lowest BCUT2D eigenvalue weighted by molar-refractivity contribution is -0.00830. The fraction of sp³-hybridized carbons (Fsp3) is 0.350. The number of benzene rings is 1. The average molecular weight is 366 g/mol. The van der Waals surface area contributed by atoms with Crippen LogP contribution in [0.4, 0.5) is 0 Å². The van der Waals surface area contributed by atoms with Gasteiger partial charge in [0.05, 0.1) is 37.6 Å². The number of carbonyl (C=O) groups excluding carboxylic acids is 1. The van der Waals surface area contributed by atoms with Crippen LogP contribution in [-0.2, 0) is 11.3 Å². The maximum Gasteiger partial charge on any atom is 0.255 e. The molecule has 0 spiro atoms. The van der Waals surface area contributed by atoms with Gasteiger partial charge in [0, 0.05) is 24.7 Å². The second-order valence-electron chi connectivity index (χ2n) is 6.66. The molecule has 0 saturated carbocycles. The van der Waals surface area contributed by atoms with Gasteiger partial charge in [0.2, 0.25) is 0 Å². The molecule has 3 heterocycles. The third-order valence-electron chi connectivity index (χ3n) is 4.85. The number of rotatable bonds is 5. The molecule has 0 radical (unpaired) electrons. The van der Waals surface area contributed by atoms with Crippen molar-refractivity contribution < 1.29 is 14.6 Å². The highest BCUT2D eigenvalue weighted by atomic mass is 16.5. The van der Waals surface area contributed by atoms with E-state index < -0.39 is 0 Å². The van der Waals surface area contributed by atoms with Gasteiger partial charge in [0.25, 0.3) is 5.91 Å². The number of pyridine rings is 1. The Balaban J connectivity index is 1.57. The van der Waals surface area contributed by atoms with Crippen molar-refractivity contribution in [3.63, 3.8) is 0 Å². The number of amides is 1. The molecule has 2 aromatic heterocycles. The van der Waals surface area contributed by atoms with Crippen LogP contribution in [-0.4, -0.2) is 63.1 Å². The summed E-state index contributed by atoms with van der Waals surface area (Å²) in [6.45, 7) is 2.15. The molecular formula is C20H22N4O3. The summed E-state index contributed by atoms with van der Waals surface area (Å²) in [7, 11) is 0. The molecule has 7 nitrogen and oxygen atoms in total. The molecule has 1 amide bonds. The number of aromatic nitrogens is 3. The summed E-state index contributed by atoms with van der Waals surface area (Å²) in [5.74, 6) is -0.0815. The van der Waals surface area contributed by atoms with Crippen LogP contribution in [0.2, 0.25) is 0 Å². The van der Waals surface area contributed by atoms with Gasteiger partial charge in [0.15, 0.2) is 5.65 Å². The van der Waals surface area contributed by atoms with Crippen molar-refractivity contribution in [3.05, 3.63) is 59.9 Å². The van der Waals surface area contributed by atoms with E-state index in [-0.39, 0.29) is 18.6 Å². The second kappa shape index (κ2) is 7.85. The molecule has 1 atom stereocenters. The Kier molecular flexibility index (Phi) is 5.13. The van der Waals surface area contributed by atoms with E-state index in [2.05, 4.69) is 10.1 Å². The molecule has 1 fully saturated rings. The summed E-state index contributed by atoms with van der Waals surface area (Å²) in [5, 5.41) is 14.5. The van der Waals surface area contributed by atoms with E-state index in [0.29, 0.717) is 38.3 Å². The Morgan fingerprint density at radius 3 is 2.93 bits per heavy atom. The molecule has 1 aromatic carbocycles. The highest BCUT2D eigenvalue weighted by Gasteiger charge is 2.28. The Bertz CT molecular complexity index is 923. The maximum atomic E-state index is 12.9. The van der Waals surface area contributed by atoms with Crippen LogP contribution < -0.4 is 0 Å². The molecule has 0 unspecified atom stereocenters. The minimum atomic E-state index is -0.104. The molecule has 1 saturated heterocycles. The van der Waals surface area contributed by atoms with Crippen LogP contribution in [0.3, 0.4) is 0 Å². The maximum absolute atomic E-state index is 12.9. The lowest BCUT2D eigenvalue weighted by atomic mass is 10.1. The SMILES string of the molecule is O=C(c1cnc2c(cnn2Cc2ccccc2)c1)N1CCOC[C@@H]1CCO. The smallest absolute Gasteiger partial charge is 0.255 e. The zero-order valence-corrected chi connectivity index (χ0v) is 15.0. The second-order valence-corrected chi connectivity index (χ2v) is 6.66. The predicted octanol–water partition coefficient (Wildman–Crippen LogP) is 1.70. The topological polar surface area (TPSA) is 80.5 Å². The zero-order valence-electron chi connectivity index (χ0n) is 15.0. The third kappa shape index (κ3) is 3.70. The van der Waals surface area contributed by atoms with Crippen LogP contribution in [0, 0.1) is 0 Å². The van der Waals surface area contributed by atoms with Crippen LogP contribution in [0.5, 0.6) is 0 Å². The standard InChI is InChI=1S/C20H22N4O3/c25-8-6-18-14-27-9-7-23(18)20(26)17-10-16-12-22-24(19(16)21-11-17)13-15-4-2-1-3-5-15/h1-5,10-12,18,25H,6-9,13-14H2/t18-/m0/s1. The molecule has 3 aromatic rings. The Morgan fingerprint density at radius 1 is 1.26 bits per heavy atom. The van der Waals surface area contributed by atoms with Crippen molar-refractivity contribution >= 4 is 16.9 Å². The molecule has 0 bridgehead atoms. The number of carbonyl (C=O) groups is 1. The summed E-state index contributed by atoms with van der Waals surface area (Å²) in [5.41, 5.74) is 2.43. The van der Waals surface area contributed by atoms with Gasteiger partial charge in [-0.3, -0.25) is 4.79 Å². The van der Waals surface area contributed by atoms with Gasteiger partial charge in [-0.2, -0.15) is 5.10 Å². The minimum absolute atomic E-state index is 0.0291. The molecule has 27 heavy (non-hydrogen) atoms. The lowest BCUT2D eigenvalue weighted by Crippen LogP contribution is -2.49. The van der Waals surface area contributed by atoms with E-state index in [9.17, 15) is 9.90 Å². The highest BCUT2D eigenvalue weighted by Crippen LogP contribution is 2.19. The first-order valence-corrected chi connectivity index (χ1v) is 9.11. The van der Waals surface area contributed by atoms with E-state index in [1.54, 1.807) is 17.3 Å². The van der Waals surface area contributed by atoms with Crippen molar-refractivity contribution in [3.8, 4) is 0 Å². The third-order valence-corrected chi connectivity index (χ3v) is 4.85. The quantitative estimate of drug-likeness (QED) is 0.743. The molecule has 1 aliphatic heterocycles. The summed E-state index contributed by atoms with van der Waals surface area (Å²) in [6.07, 6.45) is 3.86. The largest absolute Gasteiger partial charge is 0.396 e. The Hall–Kier alpha value is -2.77. The normalized spacial score (nSPS) is 17.4. The molecule has 4 rings (SSSR count). The summed E-state index contributed by atoms with van der Waals surface area (Å²) >= 11 is 0. The summed E-state index contributed by atoms with van der Waals surface area (Å²) < 4.78 is 7.28. The van der Waals surface area contributed by atoms with Gasteiger partial charge in [-0.25, -0.2) is 9.67 Å². The zero-order chi connectivity index (χ0) is 18.6. The Morgan fingerprint density at radius 2 is 2.11 bits per heavy atom. The molecule has 140 valence electrons. The van der Waals surface area contributed by atoms with E-state index >= 15 is 0 Å². The monoisotopic (exact) mass is 366 g/mol. The predicted molar refractivity (Wildman–Crippen MR) is 100 cm³/mol. The Labute approximate surface area is 157 Å². The van der Waals surface area contributed by atoms with Crippen molar-refractivity contribution in [2.24, 2.45) is 0 Å². The van der Waals surface area contributed by atoms with E-state index in [0.717, 1.165) is 16.6 Å². The van der Waals surface area contributed by atoms with Crippen LogP contribution in [0.15, 0.2) is 48.8 Å². The molecule has 1 aliphatic rings. The number of morpholine rings is 1. The molecule has 7 heteroatoms. The van der Waals surface area contributed by atoms with Crippen LogP contribution in [0.25, 0.3) is 11.0 Å². The molecular weight excluding hydrogens is 344 g/mol. The van der Waals surface area contributed by atoms with Crippen molar-refractivity contribution in [1.29, 1.82) is 0 Å². The van der Waals surface area contributed by atoms with Crippen molar-refractivity contribution in [2.45, 2.75) is 19.0 Å². The summed E-state index contributed by atoms with van der Waals surface area (Å²) in [6, 6.07) is 11.8. The van der Waals surface area contributed by atoms with Gasteiger partial charge in [-0.1, -0.05) is 30.3 Å². The van der Waals surface area contributed by atoms with Crippen molar-refractivity contribution in [1.82, 2.24) is 19.7 Å². The first-order chi connectivity index (χ1) is 13.3. The first kappa shape index (κ1) is 17.6. The van der Waals surface area contributed by atoms with E-state index in [4.69, 9.17) is 4.74 Å². The number of hydrogen-bond donors (Lipinski definition) is 1. The molecule has 0 aliphatic carbocycles. The van der Waals surface area contributed by atoms with Gasteiger partial charge in [0.1, 0.15) is 0 Å². The average Bonchev–Trinajstić information content (AvgIpc) is 3.11. The fourth-order valence-electron chi connectivity index (χ4n) is 3.44. The number of nitrogens with zero attached hydrogens (tertiary/aromatic N) is 4. The van der Waals surface area contributed by atoms with Gasteiger partial charge in [-0.05, 0) is 18.1 Å². The van der Waals surface area contributed by atoms with Gasteiger partial charge >= 0.3 is 0 Å². The lowest BCUT2D eigenvalue weighted by Gasteiger charge is -2.35. The molecule has 1 N–H and O–H groups in total. The number of ether oxygens (including phenoxy) is 1. The fourth-order valence-corrected chi connectivity index (χ4v) is 3.44. The number of fused-ring (bicyclic) bond motifs is 1. The van der Waals surface area contributed by atoms with Crippen LogP contribution in [0.1, 0.15) is 22.3 Å². The minimum Gasteiger partial charge on any atom is -0.396 e. The van der Waals surface area contributed by atoms with E-state index in [1.807, 2.05) is 41.1 Å². The van der Waals surface area contributed by atoms with Crippen LogP contribution >= 0.6 is 0 Å². The highest BCUT2D eigenvalue weighted by molar-refractivity contribution is 5.97. The van der Waals surface area contributed by atoms with E-state index in [1.165, 1.54) is 0 Å². The first-order valence-electron chi connectivity index (χ1n) is 9.11. The van der Waals surface area contributed by atoms with Gasteiger partial charge in [-0.15, -0.1) is 0 Å². The van der Waals surface area contributed by atoms with Crippen molar-refractivity contribution in [2.75, 3.05) is 26.4 Å². The number of aliphatic hydroxyl groups is 1. The summed E-state index contributed by atoms with van der Waals surface area (Å²) in [4.78, 5) is 19.2. The number of hydrogen-bond acceptors (Lipinski definition) is 5. The number of aliphatic hydroxyl groups excluding tert-OH is 1. The van der Waals surface area contributed by atoms with Gasteiger partial charge < -0.3 is 14.7 Å².